The van der Waals surface area contributed by atoms with E-state index in [1.54, 1.807) is 0 Å². The summed E-state index contributed by atoms with van der Waals surface area (Å²) in [6.45, 7) is 3.89. The molecular weight excluding hydrogens is 353 g/mol. The van der Waals surface area contributed by atoms with Crippen molar-refractivity contribution in [3.63, 3.8) is 0 Å². The molecule has 24 heavy (non-hydrogen) atoms. The quantitative estimate of drug-likeness (QED) is 0.605. The molecule has 1 aromatic heterocycles. The molecule has 5 N–H and O–H groups in total. The highest BCUT2D eigenvalue weighted by Gasteiger charge is 2.17. The van der Waals surface area contributed by atoms with Crippen LogP contribution in [0.1, 0.15) is 19.7 Å². The third-order valence-corrected chi connectivity index (χ3v) is 3.34. The Labute approximate surface area is 153 Å². The van der Waals surface area contributed by atoms with E-state index in [1.807, 2.05) is 38.1 Å². The topological polar surface area (TPSA) is 113 Å². The van der Waals surface area contributed by atoms with Gasteiger partial charge in [0.15, 0.2) is 0 Å². The van der Waals surface area contributed by atoms with Crippen molar-refractivity contribution in [1.29, 1.82) is 0 Å². The molecule has 0 spiro atoms. The number of carbonyl (C=O) groups is 2. The van der Waals surface area contributed by atoms with Gasteiger partial charge in [-0.1, -0.05) is 26.0 Å². The maximum atomic E-state index is 11.7. The zero-order valence-corrected chi connectivity index (χ0v) is 15.2. The van der Waals surface area contributed by atoms with E-state index in [2.05, 4.69) is 20.6 Å². The summed E-state index contributed by atoms with van der Waals surface area (Å²) >= 11 is 0. The van der Waals surface area contributed by atoms with E-state index < -0.39 is 6.04 Å². The second-order valence-electron chi connectivity index (χ2n) is 5.46. The molecule has 0 saturated heterocycles. The Morgan fingerprint density at radius 1 is 1.21 bits per heavy atom. The second-order valence-corrected chi connectivity index (χ2v) is 5.46. The van der Waals surface area contributed by atoms with E-state index in [9.17, 15) is 9.59 Å². The van der Waals surface area contributed by atoms with Crippen LogP contribution in [0.3, 0.4) is 0 Å². The lowest BCUT2D eigenvalue weighted by Gasteiger charge is -2.14. The van der Waals surface area contributed by atoms with Crippen molar-refractivity contribution in [2.24, 2.45) is 11.7 Å². The SMILES string of the molecule is CC(C)[C@H](N)C(=O)NCC(=O)NCc1nc2ccccc2[nH]1.Cl.Cl. The first kappa shape index (κ1) is 22.2. The Balaban J connectivity index is 0.00000264. The van der Waals surface area contributed by atoms with Crippen LogP contribution in [0.4, 0.5) is 0 Å². The van der Waals surface area contributed by atoms with Crippen LogP contribution < -0.4 is 16.4 Å². The highest BCUT2D eigenvalue weighted by atomic mass is 35.5. The lowest BCUT2D eigenvalue weighted by Crippen LogP contribution is -2.47. The van der Waals surface area contributed by atoms with Crippen molar-refractivity contribution in [2.45, 2.75) is 26.4 Å². The predicted octanol–water partition coefficient (Wildman–Crippen LogP) is 1.12. The number of amides is 2. The highest BCUT2D eigenvalue weighted by Crippen LogP contribution is 2.09. The number of halogens is 2. The number of hydrogen-bond donors (Lipinski definition) is 4. The number of hydrogen-bond acceptors (Lipinski definition) is 4. The summed E-state index contributed by atoms with van der Waals surface area (Å²) in [5.41, 5.74) is 7.46. The van der Waals surface area contributed by atoms with Crippen LogP contribution in [0.25, 0.3) is 11.0 Å². The van der Waals surface area contributed by atoms with Gasteiger partial charge in [-0.3, -0.25) is 9.59 Å². The van der Waals surface area contributed by atoms with Crippen LogP contribution in [-0.2, 0) is 16.1 Å². The zero-order valence-electron chi connectivity index (χ0n) is 13.5. The minimum atomic E-state index is -0.608. The van der Waals surface area contributed by atoms with E-state index in [4.69, 9.17) is 5.73 Å². The Kier molecular flexibility index (Phi) is 9.35. The van der Waals surface area contributed by atoms with E-state index in [0.29, 0.717) is 5.82 Å². The lowest BCUT2D eigenvalue weighted by molar-refractivity contribution is -0.127. The molecule has 0 unspecified atom stereocenters. The summed E-state index contributed by atoms with van der Waals surface area (Å²) in [6.07, 6.45) is 0. The van der Waals surface area contributed by atoms with Crippen LogP contribution >= 0.6 is 24.8 Å². The van der Waals surface area contributed by atoms with Gasteiger partial charge in [0.25, 0.3) is 0 Å². The molecule has 0 aliphatic heterocycles. The molecule has 9 heteroatoms. The van der Waals surface area contributed by atoms with Gasteiger partial charge < -0.3 is 21.4 Å². The molecule has 1 atom stereocenters. The Bertz CT molecular complexity index is 642. The minimum Gasteiger partial charge on any atom is -0.347 e. The van der Waals surface area contributed by atoms with E-state index in [1.165, 1.54) is 0 Å². The maximum absolute atomic E-state index is 11.7. The van der Waals surface area contributed by atoms with E-state index >= 15 is 0 Å². The van der Waals surface area contributed by atoms with Crippen molar-refractivity contribution >= 4 is 47.7 Å². The number of benzene rings is 1. The standard InChI is InChI=1S/C15H21N5O2.2ClH/c1-9(2)14(16)15(22)18-8-13(21)17-7-12-19-10-5-3-4-6-11(10)20-12;;/h3-6,9,14H,7-8,16H2,1-2H3,(H,17,21)(H,18,22)(H,19,20);2*1H/t14-;;/m0../s1. The highest BCUT2D eigenvalue weighted by molar-refractivity contribution is 5.87. The van der Waals surface area contributed by atoms with Crippen molar-refractivity contribution in [2.75, 3.05) is 6.54 Å². The van der Waals surface area contributed by atoms with Crippen molar-refractivity contribution in [3.05, 3.63) is 30.1 Å². The van der Waals surface area contributed by atoms with Gasteiger partial charge in [-0.15, -0.1) is 24.8 Å². The normalized spacial score (nSPS) is 11.3. The fraction of sp³-hybridized carbons (Fsp3) is 0.400. The predicted molar refractivity (Wildman–Crippen MR) is 98.3 cm³/mol. The Morgan fingerprint density at radius 3 is 2.50 bits per heavy atom. The molecule has 2 aromatic rings. The number of fused-ring (bicyclic) bond motifs is 1. The number of H-pyrrole nitrogens is 1. The number of nitrogens with one attached hydrogen (secondary N) is 3. The number of rotatable bonds is 6. The van der Waals surface area contributed by atoms with E-state index in [0.717, 1.165) is 11.0 Å². The van der Waals surface area contributed by atoms with Gasteiger partial charge in [0.1, 0.15) is 5.82 Å². The molecule has 1 aromatic carbocycles. The van der Waals surface area contributed by atoms with Crippen LogP contribution in [0.2, 0.25) is 0 Å². The minimum absolute atomic E-state index is 0. The number of carbonyl (C=O) groups excluding carboxylic acids is 2. The third kappa shape index (κ3) is 5.99. The summed E-state index contributed by atoms with van der Waals surface area (Å²) in [4.78, 5) is 30.8. The smallest absolute Gasteiger partial charge is 0.239 e. The zero-order chi connectivity index (χ0) is 16.1. The number of aromatic amines is 1. The molecule has 1 heterocycles. The Morgan fingerprint density at radius 2 is 1.88 bits per heavy atom. The Hall–Kier alpha value is -1.83. The molecule has 0 aliphatic rings. The molecule has 134 valence electrons. The molecule has 0 bridgehead atoms. The van der Waals surface area contributed by atoms with Gasteiger partial charge >= 0.3 is 0 Å². The molecule has 0 radical (unpaired) electrons. The number of aromatic nitrogens is 2. The fourth-order valence-electron chi connectivity index (χ4n) is 1.92. The van der Waals surface area contributed by atoms with Crippen LogP contribution in [0, 0.1) is 5.92 Å². The molecular formula is C15H23Cl2N5O2. The fourth-order valence-corrected chi connectivity index (χ4v) is 1.92. The van der Waals surface area contributed by atoms with Gasteiger partial charge in [0.2, 0.25) is 11.8 Å². The summed E-state index contributed by atoms with van der Waals surface area (Å²) in [6, 6.07) is 7.02. The van der Waals surface area contributed by atoms with Gasteiger partial charge in [-0.25, -0.2) is 4.98 Å². The number of para-hydroxylation sites is 2. The summed E-state index contributed by atoms with van der Waals surface area (Å²) in [5, 5.41) is 5.22. The third-order valence-electron chi connectivity index (χ3n) is 3.34. The number of nitrogens with two attached hydrogens (primary N) is 1. The monoisotopic (exact) mass is 375 g/mol. The summed E-state index contributed by atoms with van der Waals surface area (Å²) in [5.74, 6) is 0.0806. The molecule has 2 amide bonds. The van der Waals surface area contributed by atoms with Crippen molar-refractivity contribution in [1.82, 2.24) is 20.6 Å². The first-order valence-corrected chi connectivity index (χ1v) is 7.21. The van der Waals surface area contributed by atoms with Crippen LogP contribution in [-0.4, -0.2) is 34.4 Å². The number of nitrogens with zero attached hydrogens (tertiary/aromatic N) is 1. The van der Waals surface area contributed by atoms with Crippen LogP contribution in [0.5, 0.6) is 0 Å². The molecule has 0 saturated carbocycles. The van der Waals surface area contributed by atoms with Gasteiger partial charge in [0.05, 0.1) is 30.2 Å². The lowest BCUT2D eigenvalue weighted by atomic mass is 10.1. The average Bonchev–Trinajstić information content (AvgIpc) is 2.92. The average molecular weight is 376 g/mol. The van der Waals surface area contributed by atoms with Crippen molar-refractivity contribution < 1.29 is 9.59 Å². The summed E-state index contributed by atoms with van der Waals surface area (Å²) in [7, 11) is 0. The maximum Gasteiger partial charge on any atom is 0.239 e. The first-order chi connectivity index (χ1) is 10.5. The second kappa shape index (κ2) is 10.1. The van der Waals surface area contributed by atoms with Gasteiger partial charge in [-0.2, -0.15) is 0 Å². The molecule has 0 fully saturated rings. The first-order valence-electron chi connectivity index (χ1n) is 7.21. The van der Waals surface area contributed by atoms with E-state index in [-0.39, 0.29) is 55.6 Å². The summed E-state index contributed by atoms with van der Waals surface area (Å²) < 4.78 is 0. The molecule has 2 rings (SSSR count). The van der Waals surface area contributed by atoms with Gasteiger partial charge in [0, 0.05) is 0 Å². The largest absolute Gasteiger partial charge is 0.347 e. The molecule has 7 nitrogen and oxygen atoms in total. The number of imidazole rings is 1. The van der Waals surface area contributed by atoms with Crippen molar-refractivity contribution in [3.8, 4) is 0 Å². The molecule has 0 aliphatic carbocycles. The van der Waals surface area contributed by atoms with Crippen LogP contribution in [0.15, 0.2) is 24.3 Å². The van der Waals surface area contributed by atoms with Gasteiger partial charge in [-0.05, 0) is 18.1 Å².